The summed E-state index contributed by atoms with van der Waals surface area (Å²) in [4.78, 5) is 29.9. The molecule has 0 atom stereocenters. The molecule has 160 valence electrons. The first kappa shape index (κ1) is 20.9. The summed E-state index contributed by atoms with van der Waals surface area (Å²) < 4.78 is 5.58. The average molecular weight is 439 g/mol. The Morgan fingerprint density at radius 3 is 2.55 bits per heavy atom. The number of anilines is 2. The summed E-state index contributed by atoms with van der Waals surface area (Å²) in [6, 6.07) is 10.7. The Bertz CT molecular complexity index is 1110. The fourth-order valence-corrected chi connectivity index (χ4v) is 3.58. The normalized spacial score (nSPS) is 14.4. The van der Waals surface area contributed by atoms with Gasteiger partial charge in [-0.1, -0.05) is 17.7 Å². The highest BCUT2D eigenvalue weighted by atomic mass is 35.5. The van der Waals surface area contributed by atoms with Gasteiger partial charge in [0, 0.05) is 31.2 Å². The molecular formula is C22H23ClN6O2. The topological polar surface area (TPSA) is 97.5 Å². The molecule has 1 aliphatic heterocycles. The largest absolute Gasteiger partial charge is 0.484 e. The van der Waals surface area contributed by atoms with Gasteiger partial charge in [0.1, 0.15) is 11.3 Å². The van der Waals surface area contributed by atoms with Crippen molar-refractivity contribution in [3.63, 3.8) is 0 Å². The lowest BCUT2D eigenvalue weighted by Crippen LogP contribution is -2.50. The van der Waals surface area contributed by atoms with Gasteiger partial charge in [-0.25, -0.2) is 9.97 Å². The maximum Gasteiger partial charge on any atom is 0.260 e. The molecule has 0 spiro atoms. The molecule has 4 rings (SSSR count). The van der Waals surface area contributed by atoms with Crippen molar-refractivity contribution in [2.24, 2.45) is 0 Å². The van der Waals surface area contributed by atoms with Crippen LogP contribution in [0.3, 0.4) is 0 Å². The highest BCUT2D eigenvalue weighted by Crippen LogP contribution is 2.25. The van der Waals surface area contributed by atoms with E-state index in [0.717, 1.165) is 5.69 Å². The number of benzene rings is 1. The van der Waals surface area contributed by atoms with Gasteiger partial charge in [-0.3, -0.25) is 4.79 Å². The number of nitrogen functional groups attached to an aromatic ring is 1. The second-order valence-electron chi connectivity index (χ2n) is 7.12. The third-order valence-corrected chi connectivity index (χ3v) is 5.26. The number of hydrogen-bond donors (Lipinski definition) is 1. The summed E-state index contributed by atoms with van der Waals surface area (Å²) in [6.07, 6.45) is 3.86. The van der Waals surface area contributed by atoms with Gasteiger partial charge in [0.15, 0.2) is 12.4 Å². The van der Waals surface area contributed by atoms with Gasteiger partial charge in [-0.2, -0.15) is 4.98 Å². The Kier molecular flexibility index (Phi) is 6.18. The zero-order chi connectivity index (χ0) is 21.8. The van der Waals surface area contributed by atoms with E-state index in [2.05, 4.69) is 19.9 Å². The number of rotatable bonds is 5. The molecule has 2 aromatic heterocycles. The molecule has 1 fully saturated rings. The van der Waals surface area contributed by atoms with E-state index in [1.54, 1.807) is 29.2 Å². The van der Waals surface area contributed by atoms with Gasteiger partial charge in [0.25, 0.3) is 5.91 Å². The number of carbonyl (C=O) groups excluding carboxylic acids is 1. The van der Waals surface area contributed by atoms with Crippen LogP contribution < -0.4 is 15.4 Å². The number of aromatic nitrogens is 3. The SMILES string of the molecule is CC=Cc1ccc2nc(N)nc(N3CCN(C(=O)COc4ccc(Cl)cc4)CC3)c2n1. The highest BCUT2D eigenvalue weighted by molar-refractivity contribution is 6.30. The van der Waals surface area contributed by atoms with Gasteiger partial charge in [-0.15, -0.1) is 0 Å². The molecule has 0 saturated carbocycles. The van der Waals surface area contributed by atoms with E-state index in [-0.39, 0.29) is 18.5 Å². The summed E-state index contributed by atoms with van der Waals surface area (Å²) >= 11 is 5.87. The number of hydrogen-bond acceptors (Lipinski definition) is 7. The van der Waals surface area contributed by atoms with Crippen LogP contribution in [0.1, 0.15) is 12.6 Å². The lowest BCUT2D eigenvalue weighted by molar-refractivity contribution is -0.133. The number of nitrogens with two attached hydrogens (primary N) is 1. The van der Waals surface area contributed by atoms with Crippen LogP contribution in [0.5, 0.6) is 5.75 Å². The maximum atomic E-state index is 12.6. The molecule has 1 amide bonds. The zero-order valence-corrected chi connectivity index (χ0v) is 17.9. The first-order valence-electron chi connectivity index (χ1n) is 10.0. The van der Waals surface area contributed by atoms with Crippen LogP contribution >= 0.6 is 11.6 Å². The first-order valence-corrected chi connectivity index (χ1v) is 10.4. The molecule has 1 aliphatic rings. The average Bonchev–Trinajstić information content (AvgIpc) is 2.78. The number of pyridine rings is 1. The molecule has 1 saturated heterocycles. The standard InChI is InChI=1S/C22H23ClN6O2/c1-2-3-16-6-9-18-20(25-16)21(27-22(24)26-18)29-12-10-28(11-13-29)19(30)14-31-17-7-4-15(23)5-8-17/h2-9H,10-14H2,1H3,(H2,24,26,27). The van der Waals surface area contributed by atoms with Crippen molar-refractivity contribution >= 4 is 46.4 Å². The Hall–Kier alpha value is -3.39. The van der Waals surface area contributed by atoms with Crippen molar-refractivity contribution < 1.29 is 9.53 Å². The number of nitrogens with zero attached hydrogens (tertiary/aromatic N) is 5. The minimum atomic E-state index is -0.0600. The second kappa shape index (κ2) is 9.18. The number of piperazine rings is 1. The van der Waals surface area contributed by atoms with E-state index < -0.39 is 0 Å². The predicted octanol–water partition coefficient (Wildman–Crippen LogP) is 3.02. The molecule has 0 unspecified atom stereocenters. The van der Waals surface area contributed by atoms with E-state index in [1.165, 1.54) is 0 Å². The van der Waals surface area contributed by atoms with Gasteiger partial charge >= 0.3 is 0 Å². The molecule has 3 aromatic rings. The van der Waals surface area contributed by atoms with Crippen LogP contribution in [0, 0.1) is 0 Å². The quantitative estimate of drug-likeness (QED) is 0.653. The molecule has 0 radical (unpaired) electrons. The van der Waals surface area contributed by atoms with Crippen LogP contribution in [0.15, 0.2) is 42.5 Å². The molecular weight excluding hydrogens is 416 g/mol. The lowest BCUT2D eigenvalue weighted by Gasteiger charge is -2.35. The lowest BCUT2D eigenvalue weighted by atomic mass is 10.2. The van der Waals surface area contributed by atoms with Crippen LogP contribution in [0.25, 0.3) is 17.1 Å². The highest BCUT2D eigenvalue weighted by Gasteiger charge is 2.24. The molecule has 1 aromatic carbocycles. The van der Waals surface area contributed by atoms with Crippen molar-refractivity contribution in [1.82, 2.24) is 19.9 Å². The Balaban J connectivity index is 1.43. The Morgan fingerprint density at radius 1 is 1.10 bits per heavy atom. The molecule has 31 heavy (non-hydrogen) atoms. The van der Waals surface area contributed by atoms with Crippen LogP contribution in [-0.2, 0) is 4.79 Å². The number of ether oxygens (including phenoxy) is 1. The van der Waals surface area contributed by atoms with Gasteiger partial charge < -0.3 is 20.3 Å². The molecule has 0 aliphatic carbocycles. The molecule has 2 N–H and O–H groups in total. The molecule has 0 bridgehead atoms. The van der Waals surface area contributed by atoms with Crippen molar-refractivity contribution in [3.8, 4) is 5.75 Å². The fourth-order valence-electron chi connectivity index (χ4n) is 3.45. The number of allylic oxidation sites excluding steroid dienone is 1. The van der Waals surface area contributed by atoms with E-state index >= 15 is 0 Å². The first-order chi connectivity index (χ1) is 15.0. The third kappa shape index (κ3) is 4.86. The number of halogens is 1. The Morgan fingerprint density at radius 2 is 1.84 bits per heavy atom. The molecule has 8 nitrogen and oxygen atoms in total. The smallest absolute Gasteiger partial charge is 0.260 e. The predicted molar refractivity (Wildman–Crippen MR) is 122 cm³/mol. The Labute approximate surface area is 185 Å². The zero-order valence-electron chi connectivity index (χ0n) is 17.2. The summed E-state index contributed by atoms with van der Waals surface area (Å²) in [6.45, 7) is 4.28. The number of amides is 1. The van der Waals surface area contributed by atoms with E-state index in [1.807, 2.05) is 31.2 Å². The van der Waals surface area contributed by atoms with Crippen LogP contribution in [-0.4, -0.2) is 58.5 Å². The van der Waals surface area contributed by atoms with E-state index in [9.17, 15) is 4.79 Å². The fraction of sp³-hybridized carbons (Fsp3) is 0.273. The second-order valence-corrected chi connectivity index (χ2v) is 7.56. The van der Waals surface area contributed by atoms with Gasteiger partial charge in [0.05, 0.1) is 11.2 Å². The van der Waals surface area contributed by atoms with Crippen LogP contribution in [0.4, 0.5) is 11.8 Å². The van der Waals surface area contributed by atoms with E-state index in [4.69, 9.17) is 22.1 Å². The van der Waals surface area contributed by atoms with E-state index in [0.29, 0.717) is 53.8 Å². The molecule has 9 heteroatoms. The van der Waals surface area contributed by atoms with Crippen molar-refractivity contribution in [2.45, 2.75) is 6.92 Å². The monoisotopic (exact) mass is 438 g/mol. The van der Waals surface area contributed by atoms with Gasteiger partial charge in [-0.05, 0) is 49.4 Å². The minimum absolute atomic E-state index is 0.0146. The van der Waals surface area contributed by atoms with Crippen LogP contribution in [0.2, 0.25) is 5.02 Å². The van der Waals surface area contributed by atoms with Crippen molar-refractivity contribution in [2.75, 3.05) is 43.4 Å². The van der Waals surface area contributed by atoms with Crippen molar-refractivity contribution in [3.05, 3.63) is 53.2 Å². The summed E-state index contributed by atoms with van der Waals surface area (Å²) in [5.74, 6) is 1.45. The van der Waals surface area contributed by atoms with Gasteiger partial charge in [0.2, 0.25) is 5.95 Å². The number of carbonyl (C=O) groups is 1. The maximum absolute atomic E-state index is 12.6. The summed E-state index contributed by atoms with van der Waals surface area (Å²) in [5, 5.41) is 0.625. The minimum Gasteiger partial charge on any atom is -0.484 e. The third-order valence-electron chi connectivity index (χ3n) is 5.01. The molecule has 3 heterocycles. The number of fused-ring (bicyclic) bond motifs is 1. The summed E-state index contributed by atoms with van der Waals surface area (Å²) in [5.41, 5.74) is 8.16. The van der Waals surface area contributed by atoms with Crippen molar-refractivity contribution in [1.29, 1.82) is 0 Å². The summed E-state index contributed by atoms with van der Waals surface area (Å²) in [7, 11) is 0.